The van der Waals surface area contributed by atoms with E-state index in [-0.39, 0.29) is 36.6 Å². The lowest BCUT2D eigenvalue weighted by molar-refractivity contribution is -0.154. The van der Waals surface area contributed by atoms with Gasteiger partial charge in [-0.25, -0.2) is 0 Å². The number of fused-ring (bicyclic) bond motifs is 1. The number of benzene rings is 1. The molecule has 3 atom stereocenters. The molecule has 30 heavy (non-hydrogen) atoms. The fraction of sp³-hybridized carbons (Fsp3) is 0.545. The van der Waals surface area contributed by atoms with Crippen LogP contribution in [0.15, 0.2) is 24.3 Å². The highest BCUT2D eigenvalue weighted by molar-refractivity contribution is 6.05. The fourth-order valence-electron chi connectivity index (χ4n) is 4.01. The molecule has 0 spiro atoms. The molecule has 1 N–H and O–H groups in total. The van der Waals surface area contributed by atoms with Gasteiger partial charge >= 0.3 is 5.97 Å². The number of carbonyl (C=O) groups excluding carboxylic acids is 4. The van der Waals surface area contributed by atoms with E-state index in [2.05, 4.69) is 5.32 Å². The zero-order valence-electron chi connectivity index (χ0n) is 17.4. The summed E-state index contributed by atoms with van der Waals surface area (Å²) in [5, 5.41) is 2.67. The third-order valence-electron chi connectivity index (χ3n) is 5.58. The predicted octanol–water partition coefficient (Wildman–Crippen LogP) is 2.52. The Morgan fingerprint density at radius 1 is 1.10 bits per heavy atom. The minimum Gasteiger partial charge on any atom is -0.494 e. The largest absolute Gasteiger partial charge is 0.494 e. The lowest BCUT2D eigenvalue weighted by Gasteiger charge is -2.19. The molecule has 1 saturated heterocycles. The highest BCUT2D eigenvalue weighted by Crippen LogP contribution is 2.37. The summed E-state index contributed by atoms with van der Waals surface area (Å²) in [4.78, 5) is 50.5. The van der Waals surface area contributed by atoms with Gasteiger partial charge in [-0.15, -0.1) is 0 Å². The van der Waals surface area contributed by atoms with Gasteiger partial charge in [0.05, 0.1) is 24.9 Å². The van der Waals surface area contributed by atoms with Gasteiger partial charge in [0.1, 0.15) is 5.75 Å². The number of nitrogens with zero attached hydrogens (tertiary/aromatic N) is 1. The van der Waals surface area contributed by atoms with Crippen LogP contribution in [-0.4, -0.2) is 47.8 Å². The molecule has 1 aromatic carbocycles. The van der Waals surface area contributed by atoms with Gasteiger partial charge in [0.15, 0.2) is 6.10 Å². The van der Waals surface area contributed by atoms with Gasteiger partial charge in [-0.3, -0.25) is 24.1 Å². The molecule has 3 rings (SSSR count). The van der Waals surface area contributed by atoms with Crippen LogP contribution in [0.25, 0.3) is 0 Å². The minimum absolute atomic E-state index is 0.00324. The Morgan fingerprint density at radius 3 is 2.27 bits per heavy atom. The zero-order chi connectivity index (χ0) is 21.7. The van der Waals surface area contributed by atoms with E-state index >= 15 is 0 Å². The maximum atomic E-state index is 12.4. The second kappa shape index (κ2) is 9.73. The van der Waals surface area contributed by atoms with E-state index in [0.29, 0.717) is 18.0 Å². The summed E-state index contributed by atoms with van der Waals surface area (Å²) in [6.07, 6.45) is 2.25. The van der Waals surface area contributed by atoms with Crippen LogP contribution in [0.4, 0.5) is 5.69 Å². The Morgan fingerprint density at radius 2 is 1.70 bits per heavy atom. The number of hydrogen-bond acceptors (Lipinski definition) is 6. The molecular weight excluding hydrogens is 388 g/mol. The Balaban J connectivity index is 1.45. The number of ether oxygens (including phenoxy) is 2. The molecule has 0 unspecified atom stereocenters. The van der Waals surface area contributed by atoms with Crippen molar-refractivity contribution in [3.8, 4) is 5.75 Å². The molecule has 8 nitrogen and oxygen atoms in total. The summed E-state index contributed by atoms with van der Waals surface area (Å²) < 4.78 is 10.5. The van der Waals surface area contributed by atoms with Crippen LogP contribution < -0.4 is 10.1 Å². The van der Waals surface area contributed by atoms with Crippen molar-refractivity contribution in [1.29, 1.82) is 0 Å². The SMILES string of the molecule is CCOc1ccc(NC(=O)[C@@H](C)OC(=O)CCN2C(=O)[C@H]3CCCC[C@H]3C2=O)cc1. The van der Waals surface area contributed by atoms with Gasteiger partial charge in [-0.2, -0.15) is 0 Å². The van der Waals surface area contributed by atoms with E-state index in [1.165, 1.54) is 11.8 Å². The normalized spacial score (nSPS) is 21.7. The molecule has 3 amide bonds. The number of hydrogen-bond donors (Lipinski definition) is 1. The van der Waals surface area contributed by atoms with Gasteiger partial charge in [-0.1, -0.05) is 12.8 Å². The van der Waals surface area contributed by atoms with E-state index in [1.54, 1.807) is 24.3 Å². The molecule has 8 heteroatoms. The zero-order valence-corrected chi connectivity index (χ0v) is 17.4. The molecule has 1 aliphatic carbocycles. The molecule has 1 heterocycles. The molecule has 1 saturated carbocycles. The summed E-state index contributed by atoms with van der Waals surface area (Å²) in [7, 11) is 0. The van der Waals surface area contributed by atoms with Crippen molar-refractivity contribution in [2.45, 2.75) is 52.1 Å². The summed E-state index contributed by atoms with van der Waals surface area (Å²) in [6, 6.07) is 6.86. The molecular formula is C22H28N2O6. The Bertz CT molecular complexity index is 782. The van der Waals surface area contributed by atoms with Crippen LogP contribution in [0, 0.1) is 11.8 Å². The summed E-state index contributed by atoms with van der Waals surface area (Å²) in [6.45, 7) is 3.90. The summed E-state index contributed by atoms with van der Waals surface area (Å²) in [5.74, 6) is -1.23. The van der Waals surface area contributed by atoms with E-state index in [1.807, 2.05) is 6.92 Å². The molecule has 2 fully saturated rings. The highest BCUT2D eigenvalue weighted by atomic mass is 16.5. The maximum Gasteiger partial charge on any atom is 0.308 e. The molecule has 0 radical (unpaired) electrons. The van der Waals surface area contributed by atoms with Crippen molar-refractivity contribution < 1.29 is 28.7 Å². The van der Waals surface area contributed by atoms with Crippen LogP contribution in [0.5, 0.6) is 5.75 Å². The highest BCUT2D eigenvalue weighted by Gasteiger charge is 2.47. The van der Waals surface area contributed by atoms with Crippen LogP contribution >= 0.6 is 0 Å². The van der Waals surface area contributed by atoms with Gasteiger partial charge in [0.25, 0.3) is 5.91 Å². The Hall–Kier alpha value is -2.90. The van der Waals surface area contributed by atoms with Crippen molar-refractivity contribution >= 4 is 29.4 Å². The topological polar surface area (TPSA) is 102 Å². The molecule has 162 valence electrons. The second-order valence-electron chi connectivity index (χ2n) is 7.65. The first kappa shape index (κ1) is 21.8. The maximum absolute atomic E-state index is 12.4. The quantitative estimate of drug-likeness (QED) is 0.516. The molecule has 1 aromatic rings. The summed E-state index contributed by atoms with van der Waals surface area (Å²) in [5.41, 5.74) is 0.558. The predicted molar refractivity (Wildman–Crippen MR) is 109 cm³/mol. The number of nitrogens with one attached hydrogen (secondary N) is 1. The standard InChI is InChI=1S/C22H28N2O6/c1-3-29-16-10-8-15(9-11-16)23-20(26)14(2)30-19(25)12-13-24-21(27)17-6-4-5-7-18(17)22(24)28/h8-11,14,17-18H,3-7,12-13H2,1-2H3,(H,23,26)/t14-,17-,18+/m1/s1. The number of imide groups is 1. The van der Waals surface area contributed by atoms with Crippen LogP contribution in [-0.2, 0) is 23.9 Å². The van der Waals surface area contributed by atoms with Crippen molar-refractivity contribution in [2.75, 3.05) is 18.5 Å². The van der Waals surface area contributed by atoms with E-state index in [0.717, 1.165) is 25.7 Å². The average molecular weight is 416 g/mol. The Labute approximate surface area is 175 Å². The van der Waals surface area contributed by atoms with Crippen LogP contribution in [0.2, 0.25) is 0 Å². The number of amides is 3. The van der Waals surface area contributed by atoms with Crippen LogP contribution in [0.1, 0.15) is 46.0 Å². The number of anilines is 1. The molecule has 2 aliphatic rings. The van der Waals surface area contributed by atoms with Gasteiger partial charge in [0, 0.05) is 12.2 Å². The first-order valence-corrected chi connectivity index (χ1v) is 10.5. The second-order valence-corrected chi connectivity index (χ2v) is 7.65. The minimum atomic E-state index is -1.00. The monoisotopic (exact) mass is 416 g/mol. The Kier molecular flexibility index (Phi) is 7.07. The first-order chi connectivity index (χ1) is 14.4. The van der Waals surface area contributed by atoms with Crippen molar-refractivity contribution in [3.63, 3.8) is 0 Å². The number of carbonyl (C=O) groups is 4. The average Bonchev–Trinajstić information content (AvgIpc) is 2.98. The number of likely N-dealkylation sites (tertiary alicyclic amines) is 1. The van der Waals surface area contributed by atoms with Crippen molar-refractivity contribution in [1.82, 2.24) is 4.90 Å². The van der Waals surface area contributed by atoms with Crippen molar-refractivity contribution in [2.24, 2.45) is 11.8 Å². The smallest absolute Gasteiger partial charge is 0.308 e. The number of rotatable bonds is 8. The lowest BCUT2D eigenvalue weighted by atomic mass is 9.81. The first-order valence-electron chi connectivity index (χ1n) is 10.5. The molecule has 0 aromatic heterocycles. The number of esters is 1. The van der Waals surface area contributed by atoms with E-state index < -0.39 is 18.0 Å². The summed E-state index contributed by atoms with van der Waals surface area (Å²) >= 11 is 0. The van der Waals surface area contributed by atoms with Crippen molar-refractivity contribution in [3.05, 3.63) is 24.3 Å². The fourth-order valence-corrected chi connectivity index (χ4v) is 4.01. The van der Waals surface area contributed by atoms with E-state index in [4.69, 9.17) is 9.47 Å². The molecule has 1 aliphatic heterocycles. The third-order valence-corrected chi connectivity index (χ3v) is 5.58. The van der Waals surface area contributed by atoms with Gasteiger partial charge in [0.2, 0.25) is 11.8 Å². The van der Waals surface area contributed by atoms with Gasteiger partial charge in [-0.05, 0) is 51.0 Å². The third kappa shape index (κ3) is 4.98. The molecule has 0 bridgehead atoms. The van der Waals surface area contributed by atoms with E-state index in [9.17, 15) is 19.2 Å². The van der Waals surface area contributed by atoms with Gasteiger partial charge < -0.3 is 14.8 Å². The lowest BCUT2D eigenvalue weighted by Crippen LogP contribution is -2.35. The van der Waals surface area contributed by atoms with Crippen LogP contribution in [0.3, 0.4) is 0 Å².